The Labute approximate surface area is 137 Å². The fourth-order valence-electron chi connectivity index (χ4n) is 1.57. The highest BCUT2D eigenvalue weighted by Crippen LogP contribution is 2.13. The van der Waals surface area contributed by atoms with Crippen molar-refractivity contribution in [2.24, 2.45) is 0 Å². The number of hydrazine groups is 1. The van der Waals surface area contributed by atoms with Crippen LogP contribution in [0.5, 0.6) is 0 Å². The molecule has 1 aromatic rings. The fourth-order valence-corrected chi connectivity index (χ4v) is 1.89. The summed E-state index contributed by atoms with van der Waals surface area (Å²) in [4.78, 5) is 1.37. The summed E-state index contributed by atoms with van der Waals surface area (Å²) in [6, 6.07) is 6.11. The van der Waals surface area contributed by atoms with E-state index in [2.05, 4.69) is 61.6 Å². The summed E-state index contributed by atoms with van der Waals surface area (Å²) < 4.78 is 0. The quantitative estimate of drug-likeness (QED) is 0.400. The van der Waals surface area contributed by atoms with Gasteiger partial charge < -0.3 is 15.5 Å². The van der Waals surface area contributed by atoms with Crippen LogP contribution in [0.4, 0.5) is 5.69 Å². The smallest absolute Gasteiger partial charge is 0.189 e. The van der Waals surface area contributed by atoms with Crippen LogP contribution in [-0.2, 0) is 0 Å². The zero-order chi connectivity index (χ0) is 15.8. The van der Waals surface area contributed by atoms with E-state index in [9.17, 15) is 0 Å². The van der Waals surface area contributed by atoms with Crippen molar-refractivity contribution in [2.75, 3.05) is 32.5 Å². The molecule has 0 amide bonds. The third-order valence-corrected chi connectivity index (χ3v) is 3.42. The highest BCUT2D eigenvalue weighted by Gasteiger charge is 2.01. The number of hydrogen-bond acceptors (Lipinski definition) is 2. The Bertz CT molecular complexity index is 502. The minimum Gasteiger partial charge on any atom is -0.356 e. The first-order valence-corrected chi connectivity index (χ1v) is 7.67. The van der Waals surface area contributed by atoms with E-state index >= 15 is 0 Å². The Kier molecular flexibility index (Phi) is 7.35. The molecule has 0 bridgehead atoms. The van der Waals surface area contributed by atoms with Gasteiger partial charge in [0.2, 0.25) is 0 Å². The normalized spacial score (nSPS) is 10.1. The van der Waals surface area contributed by atoms with Crippen LogP contribution in [0.15, 0.2) is 18.2 Å². The van der Waals surface area contributed by atoms with Gasteiger partial charge in [0, 0.05) is 5.69 Å². The lowest BCUT2D eigenvalue weighted by atomic mass is 10.1. The second kappa shape index (κ2) is 8.76. The molecule has 0 radical (unpaired) electrons. The van der Waals surface area contributed by atoms with Crippen molar-refractivity contribution in [2.45, 2.75) is 13.8 Å². The summed E-state index contributed by atoms with van der Waals surface area (Å²) in [5, 5.41) is 7.21. The molecular weight excluding hydrogens is 302 g/mol. The molecule has 0 saturated carbocycles. The molecule has 0 aliphatic heterocycles. The number of rotatable bonds is 4. The van der Waals surface area contributed by atoms with Crippen molar-refractivity contribution in [3.8, 4) is 0 Å². The number of aryl methyl sites for hydroxylation is 2. The number of likely N-dealkylation sites (N-methyl/N-ethyl adjacent to an activating group) is 1. The maximum absolute atomic E-state index is 5.21. The van der Waals surface area contributed by atoms with E-state index in [1.165, 1.54) is 16.0 Å². The van der Waals surface area contributed by atoms with Crippen LogP contribution in [0.2, 0.25) is 0 Å². The van der Waals surface area contributed by atoms with Gasteiger partial charge >= 0.3 is 0 Å². The highest BCUT2D eigenvalue weighted by atomic mass is 32.1. The average Bonchev–Trinajstić information content (AvgIpc) is 2.40. The third kappa shape index (κ3) is 7.22. The van der Waals surface area contributed by atoms with Crippen LogP contribution in [0.3, 0.4) is 0 Å². The number of benzene rings is 1. The lowest BCUT2D eigenvalue weighted by molar-refractivity contribution is -0.856. The Hall–Kier alpha value is -1.44. The molecule has 0 fully saturated rings. The predicted molar refractivity (Wildman–Crippen MR) is 96.7 cm³/mol. The third-order valence-electron chi connectivity index (χ3n) is 2.96. The molecule has 21 heavy (non-hydrogen) atoms. The molecule has 5 nitrogen and oxygen atoms in total. The van der Waals surface area contributed by atoms with Gasteiger partial charge in [-0.15, -0.1) is 0 Å². The van der Waals surface area contributed by atoms with Gasteiger partial charge in [-0.1, -0.05) is 6.07 Å². The van der Waals surface area contributed by atoms with Crippen LogP contribution in [0.25, 0.3) is 0 Å². The standard InChI is InChI=1S/C14H23N5S2/c1-10-5-6-12(9-11(10)2)16-14(21)18-17-13(20)15-7-8-19(3)4/h5-6,9H,7-8H2,1-4H3,(H2,15,17,20)(H2,16,18,21)/p+1. The summed E-state index contributed by atoms with van der Waals surface area (Å²) >= 11 is 10.4. The Morgan fingerprint density at radius 3 is 2.33 bits per heavy atom. The van der Waals surface area contributed by atoms with E-state index in [0.29, 0.717) is 10.2 Å². The second-order valence-electron chi connectivity index (χ2n) is 5.22. The summed E-state index contributed by atoms with van der Waals surface area (Å²) in [5.41, 5.74) is 9.15. The SMILES string of the molecule is Cc1ccc(NC(=S)NNC(=S)NCC[NH+](C)C)cc1C. The van der Waals surface area contributed by atoms with Crippen molar-refractivity contribution >= 4 is 40.3 Å². The molecule has 0 aromatic heterocycles. The van der Waals surface area contributed by atoms with Crippen molar-refractivity contribution in [1.82, 2.24) is 16.2 Å². The summed E-state index contributed by atoms with van der Waals surface area (Å²) in [7, 11) is 4.19. The average molecular weight is 327 g/mol. The Balaban J connectivity index is 2.30. The molecule has 0 unspecified atom stereocenters. The van der Waals surface area contributed by atoms with Crippen molar-refractivity contribution in [3.63, 3.8) is 0 Å². The lowest BCUT2D eigenvalue weighted by Crippen LogP contribution is -3.06. The lowest BCUT2D eigenvalue weighted by Gasteiger charge is -2.15. The van der Waals surface area contributed by atoms with E-state index < -0.39 is 0 Å². The van der Waals surface area contributed by atoms with Crippen LogP contribution in [-0.4, -0.2) is 37.4 Å². The Morgan fingerprint density at radius 2 is 1.71 bits per heavy atom. The number of anilines is 1. The monoisotopic (exact) mass is 326 g/mol. The zero-order valence-electron chi connectivity index (χ0n) is 13.0. The van der Waals surface area contributed by atoms with Crippen LogP contribution >= 0.6 is 24.4 Å². The molecular formula is C14H24N5S2+. The second-order valence-corrected chi connectivity index (χ2v) is 6.03. The molecule has 0 aliphatic rings. The topological polar surface area (TPSA) is 52.6 Å². The molecule has 116 valence electrons. The fraction of sp³-hybridized carbons (Fsp3) is 0.429. The van der Waals surface area contributed by atoms with E-state index in [1.807, 2.05) is 6.07 Å². The van der Waals surface area contributed by atoms with Gasteiger partial charge in [0.25, 0.3) is 0 Å². The number of quaternary nitrogens is 1. The van der Waals surface area contributed by atoms with Crippen molar-refractivity contribution in [3.05, 3.63) is 29.3 Å². The predicted octanol–water partition coefficient (Wildman–Crippen LogP) is 0.113. The molecule has 1 aromatic carbocycles. The van der Waals surface area contributed by atoms with Gasteiger partial charge in [-0.25, -0.2) is 0 Å². The largest absolute Gasteiger partial charge is 0.356 e. The molecule has 5 N–H and O–H groups in total. The van der Waals surface area contributed by atoms with Crippen molar-refractivity contribution < 1.29 is 4.90 Å². The Morgan fingerprint density at radius 1 is 1.05 bits per heavy atom. The van der Waals surface area contributed by atoms with E-state index in [1.54, 1.807) is 0 Å². The van der Waals surface area contributed by atoms with E-state index in [-0.39, 0.29) is 0 Å². The maximum atomic E-state index is 5.21. The van der Waals surface area contributed by atoms with Gasteiger partial charge in [-0.05, 0) is 61.5 Å². The van der Waals surface area contributed by atoms with E-state index in [0.717, 1.165) is 18.8 Å². The number of hydrogen-bond donors (Lipinski definition) is 5. The van der Waals surface area contributed by atoms with Crippen LogP contribution in [0.1, 0.15) is 11.1 Å². The molecule has 0 aliphatic carbocycles. The first kappa shape index (κ1) is 17.6. The van der Waals surface area contributed by atoms with Gasteiger partial charge in [-0.3, -0.25) is 10.9 Å². The van der Waals surface area contributed by atoms with Crippen LogP contribution < -0.4 is 26.4 Å². The molecule has 0 heterocycles. The number of thiocarbonyl (C=S) groups is 2. The molecule has 0 saturated heterocycles. The van der Waals surface area contributed by atoms with Crippen molar-refractivity contribution in [1.29, 1.82) is 0 Å². The molecule has 0 atom stereocenters. The molecule has 1 rings (SSSR count). The highest BCUT2D eigenvalue weighted by molar-refractivity contribution is 7.80. The van der Waals surface area contributed by atoms with Gasteiger partial charge in [0.1, 0.15) is 0 Å². The summed E-state index contributed by atoms with van der Waals surface area (Å²) in [5.74, 6) is 0. The van der Waals surface area contributed by atoms with Gasteiger partial charge in [0.15, 0.2) is 10.2 Å². The first-order valence-electron chi connectivity index (χ1n) is 6.85. The van der Waals surface area contributed by atoms with Gasteiger partial charge in [-0.2, -0.15) is 0 Å². The summed E-state index contributed by atoms with van der Waals surface area (Å²) in [6.07, 6.45) is 0. The van der Waals surface area contributed by atoms with E-state index in [4.69, 9.17) is 24.4 Å². The minimum absolute atomic E-state index is 0.473. The number of nitrogens with one attached hydrogen (secondary N) is 5. The zero-order valence-corrected chi connectivity index (χ0v) is 14.6. The first-order chi connectivity index (χ1) is 9.88. The molecule has 7 heteroatoms. The molecule has 0 spiro atoms. The maximum Gasteiger partial charge on any atom is 0.189 e. The van der Waals surface area contributed by atoms with Crippen LogP contribution in [0, 0.1) is 13.8 Å². The summed E-state index contributed by atoms with van der Waals surface area (Å²) in [6.45, 7) is 5.96. The van der Waals surface area contributed by atoms with Gasteiger partial charge in [0.05, 0.1) is 27.2 Å². The minimum atomic E-state index is 0.473.